The van der Waals surface area contributed by atoms with Crippen molar-refractivity contribution in [3.8, 4) is 5.75 Å². The standard InChI is InChI=1S/C26H35N7O4/c1-17(2)30-16-33(27)25-23-22(20(37-3)15-29-25)19(14-28-23)24(35)26(36)32-12-10-31(11-13-32)21(34)9-8-18-6-4-5-7-18/h14-16,18,28H,1,4-13,27H2,2-3H3. The van der Waals surface area contributed by atoms with Crippen LogP contribution in [0.2, 0.25) is 0 Å². The van der Waals surface area contributed by atoms with E-state index < -0.39 is 11.7 Å². The molecule has 2 aliphatic rings. The molecule has 4 rings (SSSR count). The maximum atomic E-state index is 13.3. The highest BCUT2D eigenvalue weighted by molar-refractivity contribution is 6.45. The number of piperazine rings is 1. The average Bonchev–Trinajstić information content (AvgIpc) is 3.59. The number of aromatic nitrogens is 2. The van der Waals surface area contributed by atoms with Gasteiger partial charge < -0.3 is 19.5 Å². The highest BCUT2D eigenvalue weighted by Crippen LogP contribution is 2.33. The third-order valence-corrected chi connectivity index (χ3v) is 7.12. The van der Waals surface area contributed by atoms with Crippen molar-refractivity contribution >= 4 is 40.7 Å². The lowest BCUT2D eigenvalue weighted by molar-refractivity contribution is -0.137. The quantitative estimate of drug-likeness (QED) is 0.132. The Hall–Kier alpha value is -3.73. The minimum atomic E-state index is -0.665. The number of nitrogens with two attached hydrogens (primary N) is 1. The Morgan fingerprint density at radius 2 is 1.92 bits per heavy atom. The lowest BCUT2D eigenvalue weighted by Gasteiger charge is -2.34. The van der Waals surface area contributed by atoms with E-state index >= 15 is 0 Å². The number of hydrogen-bond donors (Lipinski definition) is 2. The molecule has 3 heterocycles. The fraction of sp³-hybridized carbons (Fsp3) is 0.500. The van der Waals surface area contributed by atoms with E-state index in [1.807, 2.05) is 0 Å². The second-order valence-electron chi connectivity index (χ2n) is 9.68. The fourth-order valence-electron chi connectivity index (χ4n) is 5.05. The fourth-order valence-corrected chi connectivity index (χ4v) is 5.05. The van der Waals surface area contributed by atoms with Gasteiger partial charge in [-0.2, -0.15) is 0 Å². The molecule has 1 saturated heterocycles. The first kappa shape index (κ1) is 26.3. The number of fused-ring (bicyclic) bond motifs is 1. The Balaban J connectivity index is 1.44. The number of carbonyl (C=O) groups excluding carboxylic acids is 3. The molecule has 1 saturated carbocycles. The Morgan fingerprint density at radius 1 is 1.24 bits per heavy atom. The second-order valence-corrected chi connectivity index (χ2v) is 9.68. The molecular formula is C26H35N7O4. The molecule has 3 N–H and O–H groups in total. The summed E-state index contributed by atoms with van der Waals surface area (Å²) >= 11 is 0. The molecule has 37 heavy (non-hydrogen) atoms. The number of rotatable bonds is 9. The summed E-state index contributed by atoms with van der Waals surface area (Å²) in [5.74, 6) is 6.23. The van der Waals surface area contributed by atoms with Gasteiger partial charge in [-0.3, -0.25) is 14.4 Å². The van der Waals surface area contributed by atoms with Crippen molar-refractivity contribution in [3.63, 3.8) is 0 Å². The predicted molar refractivity (Wildman–Crippen MR) is 141 cm³/mol. The summed E-state index contributed by atoms with van der Waals surface area (Å²) in [6.07, 6.45) is 10.7. The predicted octanol–water partition coefficient (Wildman–Crippen LogP) is 2.64. The Kier molecular flexibility index (Phi) is 8.22. The number of ketones is 1. The third kappa shape index (κ3) is 5.82. The number of amides is 2. The number of hydrogen-bond acceptors (Lipinski definition) is 7. The van der Waals surface area contributed by atoms with Gasteiger partial charge in [0.05, 0.1) is 29.8 Å². The van der Waals surface area contributed by atoms with Gasteiger partial charge in [0.15, 0.2) is 5.82 Å². The number of aliphatic imine (C=N–C) groups is 1. The van der Waals surface area contributed by atoms with Crippen molar-refractivity contribution in [3.05, 3.63) is 30.2 Å². The molecular weight excluding hydrogens is 474 g/mol. The zero-order chi connectivity index (χ0) is 26.5. The maximum Gasteiger partial charge on any atom is 0.295 e. The monoisotopic (exact) mass is 509 g/mol. The number of nitrogens with one attached hydrogen (secondary N) is 1. The lowest BCUT2D eigenvalue weighted by Crippen LogP contribution is -2.52. The highest BCUT2D eigenvalue weighted by atomic mass is 16.5. The van der Waals surface area contributed by atoms with Crippen molar-refractivity contribution in [1.82, 2.24) is 19.8 Å². The molecule has 198 valence electrons. The van der Waals surface area contributed by atoms with Crippen LogP contribution in [0.25, 0.3) is 10.9 Å². The van der Waals surface area contributed by atoms with Crippen LogP contribution in [0.3, 0.4) is 0 Å². The SMILES string of the molecule is C=C(C)N=CN(N)c1ncc(OC)c2c(C(=O)C(=O)N3CCN(C(=O)CCC4CCCC4)CC3)c[nH]c12. The van der Waals surface area contributed by atoms with Crippen LogP contribution in [-0.2, 0) is 9.59 Å². The normalized spacial score (nSPS) is 16.5. The van der Waals surface area contributed by atoms with E-state index in [1.165, 1.54) is 61.4 Å². The molecule has 0 atom stereocenters. The minimum Gasteiger partial charge on any atom is -0.494 e. The number of allylic oxidation sites excluding steroid dienone is 1. The smallest absolute Gasteiger partial charge is 0.295 e. The minimum absolute atomic E-state index is 0.133. The van der Waals surface area contributed by atoms with E-state index in [2.05, 4.69) is 21.5 Å². The molecule has 2 aromatic rings. The van der Waals surface area contributed by atoms with Crippen molar-refractivity contribution < 1.29 is 19.1 Å². The molecule has 0 bridgehead atoms. The molecule has 0 radical (unpaired) electrons. The molecule has 2 fully saturated rings. The first-order valence-electron chi connectivity index (χ1n) is 12.7. The van der Waals surface area contributed by atoms with Crippen molar-refractivity contribution in [2.75, 3.05) is 38.3 Å². The zero-order valence-electron chi connectivity index (χ0n) is 21.5. The first-order valence-corrected chi connectivity index (χ1v) is 12.7. The average molecular weight is 510 g/mol. The first-order chi connectivity index (χ1) is 17.8. The summed E-state index contributed by atoms with van der Waals surface area (Å²) < 4.78 is 5.42. The topological polar surface area (TPSA) is 137 Å². The van der Waals surface area contributed by atoms with E-state index in [0.29, 0.717) is 66.7 Å². The molecule has 2 amide bonds. The van der Waals surface area contributed by atoms with E-state index in [1.54, 1.807) is 11.8 Å². The van der Waals surface area contributed by atoms with Crippen molar-refractivity contribution in [2.24, 2.45) is 16.8 Å². The number of Topliss-reactive ketones (excluding diaryl/α,β-unsaturated/α-hetero) is 1. The number of carbonyl (C=O) groups is 3. The van der Waals surface area contributed by atoms with E-state index in [4.69, 9.17) is 10.6 Å². The van der Waals surface area contributed by atoms with Crippen LogP contribution in [0.5, 0.6) is 5.75 Å². The van der Waals surface area contributed by atoms with Gasteiger partial charge in [-0.1, -0.05) is 32.3 Å². The highest BCUT2D eigenvalue weighted by Gasteiger charge is 2.31. The van der Waals surface area contributed by atoms with Gasteiger partial charge in [-0.25, -0.2) is 20.8 Å². The van der Waals surface area contributed by atoms with Gasteiger partial charge in [-0.15, -0.1) is 0 Å². The molecule has 0 unspecified atom stereocenters. The van der Waals surface area contributed by atoms with Crippen LogP contribution < -0.4 is 15.6 Å². The third-order valence-electron chi connectivity index (χ3n) is 7.12. The van der Waals surface area contributed by atoms with Gasteiger partial charge in [0.25, 0.3) is 11.7 Å². The van der Waals surface area contributed by atoms with Gasteiger partial charge in [0.1, 0.15) is 12.1 Å². The molecule has 11 nitrogen and oxygen atoms in total. The summed E-state index contributed by atoms with van der Waals surface area (Å²) in [5, 5.41) is 1.61. The Labute approximate surface area is 216 Å². The summed E-state index contributed by atoms with van der Waals surface area (Å²) in [5.41, 5.74) is 1.16. The second kappa shape index (κ2) is 11.5. The van der Waals surface area contributed by atoms with E-state index in [-0.39, 0.29) is 11.5 Å². The van der Waals surface area contributed by atoms with Crippen LogP contribution in [-0.4, -0.2) is 77.0 Å². The Morgan fingerprint density at radius 3 is 2.57 bits per heavy atom. The molecule has 0 aromatic carbocycles. The van der Waals surface area contributed by atoms with Gasteiger partial charge in [-0.05, 0) is 19.3 Å². The number of anilines is 1. The maximum absolute atomic E-state index is 13.3. The van der Waals surface area contributed by atoms with E-state index in [9.17, 15) is 14.4 Å². The van der Waals surface area contributed by atoms with E-state index in [0.717, 1.165) is 6.42 Å². The zero-order valence-corrected chi connectivity index (χ0v) is 21.5. The van der Waals surface area contributed by atoms with Crippen LogP contribution in [0.15, 0.2) is 29.7 Å². The van der Waals surface area contributed by atoms with Crippen molar-refractivity contribution in [1.29, 1.82) is 0 Å². The van der Waals surface area contributed by atoms with Crippen LogP contribution in [0.1, 0.15) is 55.8 Å². The van der Waals surface area contributed by atoms with Crippen LogP contribution in [0.4, 0.5) is 5.82 Å². The van der Waals surface area contributed by atoms with Crippen LogP contribution >= 0.6 is 0 Å². The number of pyridine rings is 1. The molecule has 2 aromatic heterocycles. The largest absolute Gasteiger partial charge is 0.494 e. The molecule has 11 heteroatoms. The van der Waals surface area contributed by atoms with Gasteiger partial charge in [0.2, 0.25) is 5.91 Å². The number of H-pyrrole nitrogens is 1. The summed E-state index contributed by atoms with van der Waals surface area (Å²) in [6, 6.07) is 0. The van der Waals surface area contributed by atoms with Gasteiger partial charge >= 0.3 is 0 Å². The summed E-state index contributed by atoms with van der Waals surface area (Å²) in [6.45, 7) is 6.93. The molecule has 1 aliphatic heterocycles. The molecule has 0 spiro atoms. The van der Waals surface area contributed by atoms with Crippen molar-refractivity contribution in [2.45, 2.75) is 45.4 Å². The number of nitrogens with zero attached hydrogens (tertiary/aromatic N) is 5. The molecule has 1 aliphatic carbocycles. The number of aromatic amines is 1. The van der Waals surface area contributed by atoms with Crippen LogP contribution in [0, 0.1) is 5.92 Å². The summed E-state index contributed by atoms with van der Waals surface area (Å²) in [7, 11) is 1.46. The van der Waals surface area contributed by atoms with Gasteiger partial charge in [0, 0.05) is 44.5 Å². The number of hydrazine groups is 1. The number of methoxy groups -OCH3 is 1. The lowest BCUT2D eigenvalue weighted by atomic mass is 10.0. The summed E-state index contributed by atoms with van der Waals surface area (Å²) in [4.78, 5) is 53.8. The number of ether oxygens (including phenoxy) is 1. The Bertz CT molecular complexity index is 1210.